The van der Waals surface area contributed by atoms with Crippen LogP contribution in [0.1, 0.15) is 51.2 Å². The smallest absolute Gasteiger partial charge is 0.121 e. The maximum atomic E-state index is 5.86. The molecule has 0 aliphatic rings. The molecule has 0 aromatic heterocycles. The molecule has 2 rings (SSSR count). The van der Waals surface area contributed by atoms with Crippen molar-refractivity contribution < 1.29 is 4.74 Å². The summed E-state index contributed by atoms with van der Waals surface area (Å²) in [7, 11) is 0. The van der Waals surface area contributed by atoms with Crippen LogP contribution < -0.4 is 10.1 Å². The van der Waals surface area contributed by atoms with E-state index in [-0.39, 0.29) is 6.10 Å². The van der Waals surface area contributed by atoms with Gasteiger partial charge in [0.1, 0.15) is 5.75 Å². The van der Waals surface area contributed by atoms with Gasteiger partial charge in [0.2, 0.25) is 0 Å². The maximum absolute atomic E-state index is 5.86. The van der Waals surface area contributed by atoms with Gasteiger partial charge in [-0.15, -0.1) is 0 Å². The van der Waals surface area contributed by atoms with Gasteiger partial charge in [0.05, 0.1) is 6.10 Å². The van der Waals surface area contributed by atoms with E-state index < -0.39 is 0 Å². The van der Waals surface area contributed by atoms with Crippen molar-refractivity contribution in [2.24, 2.45) is 0 Å². The molecule has 22 heavy (non-hydrogen) atoms. The Hall–Kier alpha value is -1.96. The van der Waals surface area contributed by atoms with Crippen molar-refractivity contribution in [3.05, 3.63) is 59.7 Å². The molecule has 0 saturated heterocycles. The maximum Gasteiger partial charge on any atom is 0.121 e. The molecule has 0 aliphatic heterocycles. The van der Waals surface area contributed by atoms with Gasteiger partial charge in [-0.3, -0.25) is 0 Å². The van der Waals surface area contributed by atoms with E-state index in [1.807, 2.05) is 12.1 Å². The number of benzene rings is 2. The van der Waals surface area contributed by atoms with Crippen LogP contribution in [-0.2, 0) is 6.54 Å². The van der Waals surface area contributed by atoms with Gasteiger partial charge in [0.25, 0.3) is 0 Å². The molecule has 0 amide bonds. The highest BCUT2D eigenvalue weighted by atomic mass is 16.5. The molecular weight excluding hydrogens is 270 g/mol. The Morgan fingerprint density at radius 1 is 1.00 bits per heavy atom. The predicted octanol–water partition coefficient (Wildman–Crippen LogP) is 5.60. The topological polar surface area (TPSA) is 21.3 Å². The van der Waals surface area contributed by atoms with Crippen LogP contribution in [0.3, 0.4) is 0 Å². The van der Waals surface area contributed by atoms with Gasteiger partial charge in [0.15, 0.2) is 0 Å². The molecule has 0 heterocycles. The number of rotatable bonds is 7. The number of nitrogens with one attached hydrogen (secondary N) is 1. The molecule has 0 fully saturated rings. The molecule has 0 radical (unpaired) electrons. The molecule has 0 spiro atoms. The van der Waals surface area contributed by atoms with Crippen molar-refractivity contribution >= 4 is 5.69 Å². The second kappa shape index (κ2) is 7.88. The zero-order chi connectivity index (χ0) is 15.9. The van der Waals surface area contributed by atoms with E-state index in [1.54, 1.807) is 0 Å². The summed E-state index contributed by atoms with van der Waals surface area (Å²) in [4.78, 5) is 0. The van der Waals surface area contributed by atoms with Crippen molar-refractivity contribution in [2.45, 2.75) is 52.7 Å². The number of hydrogen-bond donors (Lipinski definition) is 1. The Morgan fingerprint density at radius 3 is 2.36 bits per heavy atom. The highest BCUT2D eigenvalue weighted by Gasteiger charge is 2.03. The van der Waals surface area contributed by atoms with Gasteiger partial charge in [-0.05, 0) is 42.5 Å². The first-order valence-corrected chi connectivity index (χ1v) is 8.18. The van der Waals surface area contributed by atoms with Gasteiger partial charge >= 0.3 is 0 Å². The van der Waals surface area contributed by atoms with Crippen LogP contribution in [0.2, 0.25) is 0 Å². The van der Waals surface area contributed by atoms with Crippen LogP contribution in [0.15, 0.2) is 48.5 Å². The van der Waals surface area contributed by atoms with E-state index in [2.05, 4.69) is 69.4 Å². The molecule has 2 heteroatoms. The fourth-order valence-electron chi connectivity index (χ4n) is 2.22. The summed E-state index contributed by atoms with van der Waals surface area (Å²) in [5.41, 5.74) is 3.76. The molecule has 1 atom stereocenters. The molecule has 2 aromatic carbocycles. The fourth-order valence-corrected chi connectivity index (χ4v) is 2.22. The van der Waals surface area contributed by atoms with Crippen LogP contribution in [0.25, 0.3) is 0 Å². The standard InChI is InChI=1S/C20H27NO/c1-5-16(4)22-20-8-6-7-19(13-20)21-14-17-9-11-18(12-10-17)15(2)3/h6-13,15-16,21H,5,14H2,1-4H3. The minimum absolute atomic E-state index is 0.249. The molecule has 118 valence electrons. The Balaban J connectivity index is 1.95. The lowest BCUT2D eigenvalue weighted by Crippen LogP contribution is -2.09. The molecular formula is C20H27NO. The minimum Gasteiger partial charge on any atom is -0.491 e. The normalized spacial score (nSPS) is 12.2. The molecule has 1 unspecified atom stereocenters. The Kier molecular flexibility index (Phi) is 5.88. The van der Waals surface area contributed by atoms with Crippen molar-refractivity contribution in [1.29, 1.82) is 0 Å². The average molecular weight is 297 g/mol. The summed E-state index contributed by atoms with van der Waals surface area (Å²) in [5, 5.41) is 3.46. The summed E-state index contributed by atoms with van der Waals surface area (Å²) in [6.07, 6.45) is 1.26. The predicted molar refractivity (Wildman–Crippen MR) is 94.7 cm³/mol. The zero-order valence-electron chi connectivity index (χ0n) is 14.1. The van der Waals surface area contributed by atoms with Crippen molar-refractivity contribution in [3.8, 4) is 5.75 Å². The summed E-state index contributed by atoms with van der Waals surface area (Å²) in [6, 6.07) is 17.0. The summed E-state index contributed by atoms with van der Waals surface area (Å²) < 4.78 is 5.86. The van der Waals surface area contributed by atoms with E-state index in [9.17, 15) is 0 Å². The molecule has 2 nitrogen and oxygen atoms in total. The lowest BCUT2D eigenvalue weighted by molar-refractivity contribution is 0.217. The van der Waals surface area contributed by atoms with Crippen LogP contribution >= 0.6 is 0 Å². The quantitative estimate of drug-likeness (QED) is 0.718. The van der Waals surface area contributed by atoms with Crippen LogP contribution in [0.4, 0.5) is 5.69 Å². The van der Waals surface area contributed by atoms with E-state index >= 15 is 0 Å². The molecule has 1 N–H and O–H groups in total. The van der Waals surface area contributed by atoms with Gasteiger partial charge in [0, 0.05) is 18.3 Å². The Morgan fingerprint density at radius 2 is 1.73 bits per heavy atom. The summed E-state index contributed by atoms with van der Waals surface area (Å²) in [6.45, 7) is 9.49. The highest BCUT2D eigenvalue weighted by molar-refractivity contribution is 5.48. The van der Waals surface area contributed by atoms with Gasteiger partial charge < -0.3 is 10.1 Å². The first-order chi connectivity index (χ1) is 10.6. The third-order valence-electron chi connectivity index (χ3n) is 3.89. The molecule has 0 bridgehead atoms. The SMILES string of the molecule is CCC(C)Oc1cccc(NCc2ccc(C(C)C)cc2)c1. The summed E-state index contributed by atoms with van der Waals surface area (Å²) in [5.74, 6) is 1.51. The molecule has 2 aromatic rings. The molecule has 0 saturated carbocycles. The zero-order valence-corrected chi connectivity index (χ0v) is 14.1. The van der Waals surface area contributed by atoms with E-state index in [1.165, 1.54) is 11.1 Å². The lowest BCUT2D eigenvalue weighted by Gasteiger charge is -2.14. The van der Waals surface area contributed by atoms with Crippen molar-refractivity contribution in [2.75, 3.05) is 5.32 Å². The minimum atomic E-state index is 0.249. The Bertz CT molecular complexity index is 575. The third-order valence-corrected chi connectivity index (χ3v) is 3.89. The number of hydrogen-bond acceptors (Lipinski definition) is 2. The Labute approximate surface area is 134 Å². The highest BCUT2D eigenvalue weighted by Crippen LogP contribution is 2.20. The third kappa shape index (κ3) is 4.80. The lowest BCUT2D eigenvalue weighted by atomic mass is 10.0. The average Bonchev–Trinajstić information content (AvgIpc) is 2.53. The van der Waals surface area contributed by atoms with Gasteiger partial charge in [-0.1, -0.05) is 51.1 Å². The van der Waals surface area contributed by atoms with Crippen LogP contribution in [0.5, 0.6) is 5.75 Å². The number of ether oxygens (including phenoxy) is 1. The first kappa shape index (κ1) is 16.4. The van der Waals surface area contributed by atoms with E-state index in [4.69, 9.17) is 4.74 Å². The largest absolute Gasteiger partial charge is 0.491 e. The summed E-state index contributed by atoms with van der Waals surface area (Å²) >= 11 is 0. The fraction of sp³-hybridized carbons (Fsp3) is 0.400. The number of anilines is 1. The second-order valence-corrected chi connectivity index (χ2v) is 6.11. The van der Waals surface area contributed by atoms with Crippen LogP contribution in [0, 0.1) is 0 Å². The molecule has 0 aliphatic carbocycles. The van der Waals surface area contributed by atoms with Gasteiger partial charge in [-0.2, -0.15) is 0 Å². The van der Waals surface area contributed by atoms with Crippen molar-refractivity contribution in [1.82, 2.24) is 0 Å². The van der Waals surface area contributed by atoms with E-state index in [0.29, 0.717) is 5.92 Å². The van der Waals surface area contributed by atoms with E-state index in [0.717, 1.165) is 24.4 Å². The van der Waals surface area contributed by atoms with Gasteiger partial charge in [-0.25, -0.2) is 0 Å². The first-order valence-electron chi connectivity index (χ1n) is 8.18. The monoisotopic (exact) mass is 297 g/mol. The van der Waals surface area contributed by atoms with Crippen molar-refractivity contribution in [3.63, 3.8) is 0 Å². The van der Waals surface area contributed by atoms with Crippen LogP contribution in [-0.4, -0.2) is 6.10 Å². The second-order valence-electron chi connectivity index (χ2n) is 6.11.